The van der Waals surface area contributed by atoms with Crippen LogP contribution in [-0.2, 0) is 28.7 Å². The van der Waals surface area contributed by atoms with Gasteiger partial charge in [-0.15, -0.1) is 0 Å². The second kappa shape index (κ2) is 21.0. The van der Waals surface area contributed by atoms with Gasteiger partial charge >= 0.3 is 0 Å². The van der Waals surface area contributed by atoms with Gasteiger partial charge in [0.2, 0.25) is 17.7 Å². The van der Waals surface area contributed by atoms with Gasteiger partial charge in [0, 0.05) is 45.8 Å². The van der Waals surface area contributed by atoms with Crippen molar-refractivity contribution in [3.05, 3.63) is 36.5 Å². The molecule has 288 valence electrons. The largest absolute Gasteiger partial charge is 0.379 e. The summed E-state index contributed by atoms with van der Waals surface area (Å²) in [4.78, 5) is 57.0. The molecule has 11 nitrogen and oxygen atoms in total. The van der Waals surface area contributed by atoms with Crippen molar-refractivity contribution in [2.45, 2.75) is 122 Å². The number of ether oxygens (including phenoxy) is 2. The quantitative estimate of drug-likeness (QED) is 0.162. The van der Waals surface area contributed by atoms with Crippen molar-refractivity contribution in [2.75, 3.05) is 47.4 Å². The number of amides is 3. The number of carbonyl (C=O) groups is 4. The van der Waals surface area contributed by atoms with E-state index in [4.69, 9.17) is 9.47 Å². The topological polar surface area (TPSA) is 129 Å². The van der Waals surface area contributed by atoms with Crippen LogP contribution in [0, 0.1) is 23.7 Å². The molecule has 11 heteroatoms. The van der Waals surface area contributed by atoms with Gasteiger partial charge in [0.25, 0.3) is 0 Å². The Labute approximate surface area is 307 Å². The highest BCUT2D eigenvalue weighted by Gasteiger charge is 2.42. The molecule has 2 saturated heterocycles. The van der Waals surface area contributed by atoms with E-state index in [9.17, 15) is 19.2 Å². The summed E-state index contributed by atoms with van der Waals surface area (Å²) in [5, 5.41) is 9.66. The Hall–Kier alpha value is -2.86. The van der Waals surface area contributed by atoms with Crippen LogP contribution in [0.2, 0.25) is 0 Å². The lowest BCUT2D eigenvalue weighted by Gasteiger charge is -2.41. The van der Waals surface area contributed by atoms with Gasteiger partial charge in [-0.1, -0.05) is 70.6 Å². The zero-order valence-corrected chi connectivity index (χ0v) is 32.6. The minimum atomic E-state index is -0.665. The lowest BCUT2D eigenvalue weighted by atomic mass is 9.88. The van der Waals surface area contributed by atoms with Crippen LogP contribution in [0.15, 0.2) is 36.5 Å². The number of nitrogens with zero attached hydrogens (tertiary/aromatic N) is 2. The molecular weight excluding hydrogens is 646 g/mol. The normalized spacial score (nSPS) is 25.0. The number of rotatable bonds is 20. The molecule has 0 spiro atoms. The Balaban J connectivity index is 1.68. The van der Waals surface area contributed by atoms with E-state index in [1.54, 1.807) is 14.2 Å². The molecule has 51 heavy (non-hydrogen) atoms. The second-order valence-electron chi connectivity index (χ2n) is 15.3. The van der Waals surface area contributed by atoms with Crippen molar-refractivity contribution in [1.82, 2.24) is 25.8 Å². The van der Waals surface area contributed by atoms with Crippen LogP contribution in [0.3, 0.4) is 0 Å². The highest BCUT2D eigenvalue weighted by Crippen LogP contribution is 2.29. The molecule has 0 aromatic rings. The average Bonchev–Trinajstić information content (AvgIpc) is 3.46. The molecule has 3 amide bonds. The zero-order valence-electron chi connectivity index (χ0n) is 32.6. The molecule has 0 aromatic carbocycles. The van der Waals surface area contributed by atoms with E-state index in [0.717, 1.165) is 57.8 Å². The molecule has 0 saturated carbocycles. The Morgan fingerprint density at radius 1 is 1.06 bits per heavy atom. The third kappa shape index (κ3) is 11.8. The Morgan fingerprint density at radius 2 is 1.76 bits per heavy atom. The number of piperidine rings is 1. The second-order valence-corrected chi connectivity index (χ2v) is 15.3. The summed E-state index contributed by atoms with van der Waals surface area (Å²) >= 11 is 0. The predicted molar refractivity (Wildman–Crippen MR) is 202 cm³/mol. The van der Waals surface area contributed by atoms with Gasteiger partial charge in [0.1, 0.15) is 6.29 Å². The van der Waals surface area contributed by atoms with Gasteiger partial charge in [-0.2, -0.15) is 0 Å². The number of hydrogen-bond donors (Lipinski definition) is 3. The van der Waals surface area contributed by atoms with Gasteiger partial charge in [0.05, 0.1) is 42.2 Å². The highest BCUT2D eigenvalue weighted by atomic mass is 16.5. The van der Waals surface area contributed by atoms with Gasteiger partial charge in [0.15, 0.2) is 0 Å². The fourth-order valence-corrected chi connectivity index (χ4v) is 8.02. The van der Waals surface area contributed by atoms with E-state index in [0.29, 0.717) is 19.6 Å². The fraction of sp³-hybridized carbons (Fsp3) is 0.750. The first-order valence-corrected chi connectivity index (χ1v) is 19.3. The van der Waals surface area contributed by atoms with Crippen molar-refractivity contribution in [1.29, 1.82) is 0 Å². The Bertz CT molecular complexity index is 1200. The first-order valence-electron chi connectivity index (χ1n) is 19.3. The van der Waals surface area contributed by atoms with Gasteiger partial charge in [-0.05, 0) is 70.9 Å². The van der Waals surface area contributed by atoms with Crippen LogP contribution in [0.5, 0.6) is 0 Å². The number of nitrogens with one attached hydrogen (secondary N) is 3. The maximum absolute atomic E-state index is 14.1. The molecule has 2 fully saturated rings. The monoisotopic (exact) mass is 714 g/mol. The van der Waals surface area contributed by atoms with Gasteiger partial charge in [-0.3, -0.25) is 19.3 Å². The molecule has 1 aliphatic carbocycles. The average molecular weight is 714 g/mol. The summed E-state index contributed by atoms with van der Waals surface area (Å²) < 4.78 is 12.0. The molecule has 2 aliphatic heterocycles. The summed E-state index contributed by atoms with van der Waals surface area (Å²) in [7, 11) is 5.26. The summed E-state index contributed by atoms with van der Waals surface area (Å²) in [6.07, 6.45) is 18.5. The smallest absolute Gasteiger partial charge is 0.240 e. The molecule has 3 rings (SSSR count). The molecule has 3 aliphatic rings. The summed E-state index contributed by atoms with van der Waals surface area (Å²) in [5.41, 5.74) is -0.665. The van der Waals surface area contributed by atoms with Crippen molar-refractivity contribution < 1.29 is 28.7 Å². The van der Waals surface area contributed by atoms with Crippen molar-refractivity contribution in [3.63, 3.8) is 0 Å². The zero-order chi connectivity index (χ0) is 37.6. The number of likely N-dealkylation sites (tertiary alicyclic amines) is 1. The van der Waals surface area contributed by atoms with Crippen LogP contribution in [0.4, 0.5) is 0 Å². The molecule has 1 unspecified atom stereocenters. The number of aldehydes is 1. The SMILES string of the molecule is CC[C@H](C)[C@@H]([C@@H](CC(=O)N1CCC[C@H]1[C@H](OC)[C@@H](C)C(=O)NCCC1C=CC=CC=C1)OC)N(C)C[C@@H](NC(=O)[C@]1(C)CCCCN1)C(C)C=O. The van der Waals surface area contributed by atoms with Crippen molar-refractivity contribution in [2.24, 2.45) is 23.7 Å². The summed E-state index contributed by atoms with van der Waals surface area (Å²) in [5.74, 6) is -0.595. The molecule has 2 heterocycles. The maximum atomic E-state index is 14.1. The molecule has 9 atom stereocenters. The maximum Gasteiger partial charge on any atom is 0.240 e. The Morgan fingerprint density at radius 3 is 2.35 bits per heavy atom. The van der Waals surface area contributed by atoms with E-state index < -0.39 is 35.6 Å². The van der Waals surface area contributed by atoms with E-state index >= 15 is 0 Å². The van der Waals surface area contributed by atoms with Crippen LogP contribution >= 0.6 is 0 Å². The lowest BCUT2D eigenvalue weighted by Crippen LogP contribution is -2.61. The number of likely N-dealkylation sites (N-methyl/N-ethyl adjacent to an activating group) is 1. The van der Waals surface area contributed by atoms with Gasteiger partial charge in [-0.25, -0.2) is 0 Å². The van der Waals surface area contributed by atoms with Crippen LogP contribution in [0.1, 0.15) is 86.0 Å². The Kier molecular flexibility index (Phi) is 17.5. The predicted octanol–water partition coefficient (Wildman–Crippen LogP) is 4.04. The number of carbonyl (C=O) groups excluding carboxylic acids is 4. The fourth-order valence-electron chi connectivity index (χ4n) is 8.02. The molecule has 0 aromatic heterocycles. The minimum Gasteiger partial charge on any atom is -0.379 e. The molecular formula is C40H67N5O6. The lowest BCUT2D eigenvalue weighted by molar-refractivity contribution is -0.143. The first kappa shape index (κ1) is 42.6. The van der Waals surface area contributed by atoms with Crippen LogP contribution in [0.25, 0.3) is 0 Å². The molecule has 0 bridgehead atoms. The summed E-state index contributed by atoms with van der Waals surface area (Å²) in [6.45, 7) is 12.3. The van der Waals surface area contributed by atoms with Crippen LogP contribution in [-0.4, -0.2) is 117 Å². The first-order chi connectivity index (χ1) is 24.4. The number of allylic oxidation sites excluding steroid dienone is 6. The minimum absolute atomic E-state index is 0.0244. The molecule has 3 N–H and O–H groups in total. The van der Waals surface area contributed by atoms with E-state index in [1.165, 1.54) is 0 Å². The number of methoxy groups -OCH3 is 2. The highest BCUT2D eigenvalue weighted by molar-refractivity contribution is 5.86. The van der Waals surface area contributed by atoms with E-state index in [1.807, 2.05) is 57.0 Å². The van der Waals surface area contributed by atoms with E-state index in [2.05, 4.69) is 46.8 Å². The van der Waals surface area contributed by atoms with E-state index in [-0.39, 0.29) is 48.1 Å². The number of hydrogen-bond acceptors (Lipinski definition) is 8. The third-order valence-electron chi connectivity index (χ3n) is 11.6. The van der Waals surface area contributed by atoms with Gasteiger partial charge < -0.3 is 35.1 Å². The third-order valence-corrected chi connectivity index (χ3v) is 11.6. The standard InChI is InChI=1S/C40H67N5O6/c1-9-28(2)36(44(6)26-32(29(3)27-46)43-39(49)40(5)21-14-15-22-42-40)34(50-7)25-35(47)45-24-16-19-33(45)37(51-8)30(4)38(48)41-23-20-31-17-12-10-11-13-18-31/h10-13,17-18,27-34,36-37,42H,9,14-16,19-26H2,1-8H3,(H,41,48)(H,43,49)/t28-,29?,30+,32+,33-,34+,36-,37+,40-/m0/s1. The van der Waals surface area contributed by atoms with Crippen molar-refractivity contribution >= 4 is 24.0 Å². The van der Waals surface area contributed by atoms with Crippen molar-refractivity contribution in [3.8, 4) is 0 Å². The summed E-state index contributed by atoms with van der Waals surface area (Å²) in [6, 6.07) is -0.777. The van der Waals surface area contributed by atoms with Crippen LogP contribution < -0.4 is 16.0 Å². The molecule has 0 radical (unpaired) electrons.